The zero-order chi connectivity index (χ0) is 21.1. The fourth-order valence-electron chi connectivity index (χ4n) is 3.61. The average molecular weight is 442 g/mol. The lowest BCUT2D eigenvalue weighted by atomic mass is 9.97. The van der Waals surface area contributed by atoms with Gasteiger partial charge in [-0.2, -0.15) is 0 Å². The Bertz CT molecular complexity index is 1080. The van der Waals surface area contributed by atoms with Gasteiger partial charge in [0, 0.05) is 11.6 Å². The maximum atomic E-state index is 12.7. The highest BCUT2D eigenvalue weighted by Gasteiger charge is 2.20. The van der Waals surface area contributed by atoms with Gasteiger partial charge in [-0.1, -0.05) is 28.5 Å². The molecule has 0 aliphatic heterocycles. The minimum Gasteiger partial charge on any atom is -0.351 e. The lowest BCUT2D eigenvalue weighted by Crippen LogP contribution is -2.24. The van der Waals surface area contributed by atoms with Gasteiger partial charge in [0.1, 0.15) is 15.6 Å². The lowest BCUT2D eigenvalue weighted by Gasteiger charge is -2.12. The number of thiazole rings is 1. The van der Waals surface area contributed by atoms with Crippen molar-refractivity contribution < 1.29 is 4.79 Å². The molecule has 1 amide bonds. The van der Waals surface area contributed by atoms with E-state index in [1.54, 1.807) is 4.68 Å². The number of amides is 1. The van der Waals surface area contributed by atoms with Gasteiger partial charge in [0.15, 0.2) is 0 Å². The molecule has 3 aromatic rings. The first kappa shape index (κ1) is 20.8. The third-order valence-electron chi connectivity index (χ3n) is 5.29. The summed E-state index contributed by atoms with van der Waals surface area (Å²) in [6.07, 6.45) is 8.09. The van der Waals surface area contributed by atoms with E-state index in [9.17, 15) is 4.79 Å². The summed E-state index contributed by atoms with van der Waals surface area (Å²) in [6.45, 7) is 4.46. The summed E-state index contributed by atoms with van der Waals surface area (Å²) in [5, 5.41) is 13.0. The molecule has 0 bridgehead atoms. The molecule has 0 saturated carbocycles. The number of hydrogen-bond donors (Lipinski definition) is 1. The number of aromatic nitrogens is 4. The zero-order valence-electron chi connectivity index (χ0n) is 17.1. The lowest BCUT2D eigenvalue weighted by molar-refractivity contribution is 0.0957. The number of carbonyl (C=O) groups is 1. The number of hydrogen-bond acceptors (Lipinski definition) is 5. The second-order valence-corrected chi connectivity index (χ2v) is 8.89. The van der Waals surface area contributed by atoms with E-state index in [0.29, 0.717) is 32.8 Å². The van der Waals surface area contributed by atoms with Crippen LogP contribution in [0.1, 0.15) is 53.2 Å². The van der Waals surface area contributed by atoms with Crippen LogP contribution in [0.15, 0.2) is 35.9 Å². The standard InChI is InChI=1S/C22H24ClN5OS/c1-14-20(21(29)24-13-12-16-6-4-3-5-7-16)30-22(25-14)19-15(2)28(27-26-19)18-10-8-17(23)9-11-18/h6,8-11H,3-5,7,12-13H2,1-2H3,(H,24,29). The highest BCUT2D eigenvalue weighted by atomic mass is 35.5. The maximum Gasteiger partial charge on any atom is 0.263 e. The Balaban J connectivity index is 1.47. The molecule has 2 aromatic heterocycles. The van der Waals surface area contributed by atoms with Gasteiger partial charge in [-0.3, -0.25) is 4.79 Å². The Hall–Kier alpha value is -2.51. The van der Waals surface area contributed by atoms with E-state index in [4.69, 9.17) is 11.6 Å². The zero-order valence-corrected chi connectivity index (χ0v) is 18.7. The first-order chi connectivity index (χ1) is 14.5. The van der Waals surface area contributed by atoms with Gasteiger partial charge >= 0.3 is 0 Å². The number of benzene rings is 1. The van der Waals surface area contributed by atoms with Gasteiger partial charge in [-0.15, -0.1) is 16.4 Å². The van der Waals surface area contributed by atoms with Gasteiger partial charge in [0.05, 0.1) is 17.1 Å². The summed E-state index contributed by atoms with van der Waals surface area (Å²) in [4.78, 5) is 17.9. The SMILES string of the molecule is Cc1nc(-c2nnn(-c3ccc(Cl)cc3)c2C)sc1C(=O)NCCC1=CCCCC1. The molecule has 4 rings (SSSR count). The largest absolute Gasteiger partial charge is 0.351 e. The molecule has 2 heterocycles. The van der Waals surface area contributed by atoms with Crippen LogP contribution < -0.4 is 5.32 Å². The van der Waals surface area contributed by atoms with E-state index in [1.165, 1.54) is 29.8 Å². The number of rotatable bonds is 6. The number of allylic oxidation sites excluding steroid dienone is 1. The smallest absolute Gasteiger partial charge is 0.263 e. The third-order valence-corrected chi connectivity index (χ3v) is 6.70. The monoisotopic (exact) mass is 441 g/mol. The maximum absolute atomic E-state index is 12.7. The summed E-state index contributed by atoms with van der Waals surface area (Å²) >= 11 is 7.33. The van der Waals surface area contributed by atoms with Crippen molar-refractivity contribution in [3.63, 3.8) is 0 Å². The van der Waals surface area contributed by atoms with Crippen LogP contribution >= 0.6 is 22.9 Å². The normalized spacial score (nSPS) is 13.9. The molecule has 0 atom stereocenters. The predicted octanol–water partition coefficient (Wildman–Crippen LogP) is 5.28. The molecule has 1 aliphatic rings. The quantitative estimate of drug-likeness (QED) is 0.528. The molecule has 8 heteroatoms. The van der Waals surface area contributed by atoms with E-state index >= 15 is 0 Å². The molecule has 0 radical (unpaired) electrons. The van der Waals surface area contributed by atoms with Crippen molar-refractivity contribution in [1.82, 2.24) is 25.3 Å². The third kappa shape index (κ3) is 4.47. The van der Waals surface area contributed by atoms with E-state index < -0.39 is 0 Å². The number of nitrogens with zero attached hydrogens (tertiary/aromatic N) is 4. The topological polar surface area (TPSA) is 72.7 Å². The van der Waals surface area contributed by atoms with Crippen LogP contribution in [0.5, 0.6) is 0 Å². The van der Waals surface area contributed by atoms with Crippen molar-refractivity contribution >= 4 is 28.8 Å². The van der Waals surface area contributed by atoms with Crippen molar-refractivity contribution in [2.45, 2.75) is 46.0 Å². The molecular weight excluding hydrogens is 418 g/mol. The van der Waals surface area contributed by atoms with Gasteiger partial charge in [0.2, 0.25) is 0 Å². The molecule has 0 unspecified atom stereocenters. The van der Waals surface area contributed by atoms with Crippen LogP contribution in [0.25, 0.3) is 16.4 Å². The fourth-order valence-corrected chi connectivity index (χ4v) is 4.76. The van der Waals surface area contributed by atoms with E-state index in [0.717, 1.165) is 30.6 Å². The van der Waals surface area contributed by atoms with Crippen LogP contribution in [0.3, 0.4) is 0 Å². The van der Waals surface area contributed by atoms with Gasteiger partial charge < -0.3 is 5.32 Å². The van der Waals surface area contributed by atoms with Crippen LogP contribution in [0.2, 0.25) is 5.02 Å². The van der Waals surface area contributed by atoms with Crippen molar-refractivity contribution in [3.8, 4) is 16.4 Å². The molecular formula is C22H24ClN5OS. The Morgan fingerprint density at radius 1 is 1.23 bits per heavy atom. The molecule has 1 aromatic carbocycles. The molecule has 0 fully saturated rings. The first-order valence-electron chi connectivity index (χ1n) is 10.1. The van der Waals surface area contributed by atoms with Gasteiger partial charge in [-0.25, -0.2) is 9.67 Å². The highest BCUT2D eigenvalue weighted by Crippen LogP contribution is 2.29. The molecule has 0 spiro atoms. The van der Waals surface area contributed by atoms with Crippen molar-refractivity contribution in [2.75, 3.05) is 6.54 Å². The fraction of sp³-hybridized carbons (Fsp3) is 0.364. The molecule has 6 nitrogen and oxygen atoms in total. The van der Waals surface area contributed by atoms with E-state index in [-0.39, 0.29) is 5.91 Å². The second kappa shape index (κ2) is 9.10. The van der Waals surface area contributed by atoms with Crippen molar-refractivity contribution in [2.24, 2.45) is 0 Å². The number of carbonyl (C=O) groups excluding carboxylic acids is 1. The summed E-state index contributed by atoms with van der Waals surface area (Å²) in [6, 6.07) is 7.41. The molecule has 156 valence electrons. The highest BCUT2D eigenvalue weighted by molar-refractivity contribution is 7.17. The minimum absolute atomic E-state index is 0.0737. The molecule has 0 saturated heterocycles. The van der Waals surface area contributed by atoms with Crippen LogP contribution in [-0.2, 0) is 0 Å². The average Bonchev–Trinajstić information content (AvgIpc) is 3.32. The Morgan fingerprint density at radius 3 is 2.77 bits per heavy atom. The molecule has 30 heavy (non-hydrogen) atoms. The Labute approximate surface area is 185 Å². The van der Waals surface area contributed by atoms with Crippen molar-refractivity contribution in [1.29, 1.82) is 0 Å². The summed E-state index contributed by atoms with van der Waals surface area (Å²) in [7, 11) is 0. The first-order valence-corrected chi connectivity index (χ1v) is 11.3. The van der Waals surface area contributed by atoms with Crippen LogP contribution in [0.4, 0.5) is 0 Å². The van der Waals surface area contributed by atoms with E-state index in [2.05, 4.69) is 26.7 Å². The van der Waals surface area contributed by atoms with Crippen LogP contribution in [0, 0.1) is 13.8 Å². The van der Waals surface area contributed by atoms with Gasteiger partial charge in [-0.05, 0) is 70.2 Å². The predicted molar refractivity (Wildman–Crippen MR) is 120 cm³/mol. The Kier molecular flexibility index (Phi) is 6.29. The summed E-state index contributed by atoms with van der Waals surface area (Å²) in [5.74, 6) is -0.0737. The second-order valence-electron chi connectivity index (χ2n) is 7.46. The number of nitrogens with one attached hydrogen (secondary N) is 1. The summed E-state index contributed by atoms with van der Waals surface area (Å²) in [5.41, 5.74) is 4.59. The number of aryl methyl sites for hydroxylation is 1. The molecule has 1 N–H and O–H groups in total. The minimum atomic E-state index is -0.0737. The van der Waals surface area contributed by atoms with Gasteiger partial charge in [0.25, 0.3) is 5.91 Å². The van der Waals surface area contributed by atoms with Crippen LogP contribution in [-0.4, -0.2) is 32.4 Å². The van der Waals surface area contributed by atoms with E-state index in [1.807, 2.05) is 38.1 Å². The molecule has 1 aliphatic carbocycles. The number of halogens is 1. The summed E-state index contributed by atoms with van der Waals surface area (Å²) < 4.78 is 1.75. The Morgan fingerprint density at radius 2 is 2.03 bits per heavy atom. The van der Waals surface area contributed by atoms with Crippen molar-refractivity contribution in [3.05, 3.63) is 57.2 Å².